The first-order valence-corrected chi connectivity index (χ1v) is 6.65. The summed E-state index contributed by atoms with van der Waals surface area (Å²) < 4.78 is 0. The normalized spacial score (nSPS) is 12.7. The van der Waals surface area contributed by atoms with Gasteiger partial charge in [0.1, 0.15) is 18.7 Å². The lowest BCUT2D eigenvalue weighted by Gasteiger charge is -2.15. The minimum Gasteiger partial charge on any atom is -0.481 e. The average Bonchev–Trinajstić information content (AvgIpc) is 2.52. The van der Waals surface area contributed by atoms with Crippen LogP contribution in [0.4, 0.5) is 0 Å². The first-order valence-electron chi connectivity index (χ1n) is 6.65. The number of hydrogen-bond acceptors (Lipinski definition) is 3. The largest absolute Gasteiger partial charge is 0.481 e. The first kappa shape index (κ1) is 14.8. The molecule has 2 aromatic carbocycles. The summed E-state index contributed by atoms with van der Waals surface area (Å²) >= 11 is 0. The standard InChI is InChI=1S/C17H17NO3/c1-21-18-16(14-10-6-3-7-11-14)15(17(19)20)12-13-8-4-2-5-9-13/h2-11,15H,12H2,1H3,(H,19,20)/b18-16-. The second-order valence-electron chi connectivity index (χ2n) is 4.61. The second-order valence-corrected chi connectivity index (χ2v) is 4.61. The maximum absolute atomic E-state index is 11.7. The lowest BCUT2D eigenvalue weighted by Crippen LogP contribution is -2.27. The van der Waals surface area contributed by atoms with E-state index in [1.165, 1.54) is 7.11 Å². The Balaban J connectivity index is 2.34. The average molecular weight is 283 g/mol. The van der Waals surface area contributed by atoms with Crippen molar-refractivity contribution in [1.82, 2.24) is 0 Å². The fourth-order valence-corrected chi connectivity index (χ4v) is 2.18. The molecule has 0 aliphatic heterocycles. The Morgan fingerprint density at radius 1 is 1.10 bits per heavy atom. The lowest BCUT2D eigenvalue weighted by molar-refractivity contribution is -0.139. The molecule has 0 aliphatic rings. The predicted octanol–water partition coefficient (Wildman–Crippen LogP) is 2.98. The maximum atomic E-state index is 11.7. The molecule has 1 N–H and O–H groups in total. The molecule has 21 heavy (non-hydrogen) atoms. The highest BCUT2D eigenvalue weighted by Crippen LogP contribution is 2.17. The molecule has 0 heterocycles. The molecule has 2 aromatic rings. The number of nitrogens with zero attached hydrogens (tertiary/aromatic N) is 1. The van der Waals surface area contributed by atoms with Crippen LogP contribution in [-0.4, -0.2) is 23.9 Å². The minimum atomic E-state index is -0.918. The fraction of sp³-hybridized carbons (Fsp3) is 0.176. The minimum absolute atomic E-state index is 0.368. The molecule has 4 nitrogen and oxygen atoms in total. The van der Waals surface area contributed by atoms with E-state index in [0.717, 1.165) is 11.1 Å². The number of aliphatic carboxylic acids is 1. The molecule has 108 valence electrons. The molecule has 0 fully saturated rings. The van der Waals surface area contributed by atoms with E-state index in [1.807, 2.05) is 60.7 Å². The summed E-state index contributed by atoms with van der Waals surface area (Å²) in [6.07, 6.45) is 0.368. The number of hydrogen-bond donors (Lipinski definition) is 1. The van der Waals surface area contributed by atoms with Gasteiger partial charge in [0.25, 0.3) is 0 Å². The van der Waals surface area contributed by atoms with E-state index in [9.17, 15) is 9.90 Å². The third kappa shape index (κ3) is 3.92. The smallest absolute Gasteiger partial charge is 0.313 e. The number of benzene rings is 2. The topological polar surface area (TPSA) is 58.9 Å². The van der Waals surface area contributed by atoms with Gasteiger partial charge in [-0.05, 0) is 12.0 Å². The molecule has 2 rings (SSSR count). The van der Waals surface area contributed by atoms with E-state index in [4.69, 9.17) is 4.84 Å². The molecule has 0 spiro atoms. The molecule has 0 amide bonds. The molecule has 0 radical (unpaired) electrons. The van der Waals surface area contributed by atoms with Crippen LogP contribution in [0.1, 0.15) is 11.1 Å². The highest BCUT2D eigenvalue weighted by molar-refractivity contribution is 6.11. The molecule has 0 aliphatic carbocycles. The van der Waals surface area contributed by atoms with Gasteiger partial charge in [0, 0.05) is 5.56 Å². The van der Waals surface area contributed by atoms with Crippen LogP contribution >= 0.6 is 0 Å². The Bertz CT molecular complexity index is 608. The molecule has 0 saturated heterocycles. The quantitative estimate of drug-likeness (QED) is 0.655. The van der Waals surface area contributed by atoms with Gasteiger partial charge in [-0.1, -0.05) is 65.8 Å². The van der Waals surface area contributed by atoms with Gasteiger partial charge in [-0.3, -0.25) is 4.79 Å². The van der Waals surface area contributed by atoms with Crippen molar-refractivity contribution in [2.45, 2.75) is 6.42 Å². The van der Waals surface area contributed by atoms with Gasteiger partial charge < -0.3 is 9.94 Å². The zero-order chi connectivity index (χ0) is 15.1. The third-order valence-corrected chi connectivity index (χ3v) is 3.17. The molecule has 0 saturated carbocycles. The number of carboxylic acid groups (broad SMARTS) is 1. The predicted molar refractivity (Wildman–Crippen MR) is 81.3 cm³/mol. The molecule has 4 heteroatoms. The molecule has 1 atom stereocenters. The Kier molecular flexibility index (Phi) is 5.10. The molecular weight excluding hydrogens is 266 g/mol. The maximum Gasteiger partial charge on any atom is 0.313 e. The van der Waals surface area contributed by atoms with Crippen molar-refractivity contribution in [3.05, 3.63) is 71.8 Å². The Labute approximate surface area is 123 Å². The summed E-state index contributed by atoms with van der Waals surface area (Å²) in [5.74, 6) is -1.67. The number of rotatable bonds is 6. The van der Waals surface area contributed by atoms with E-state index in [1.54, 1.807) is 0 Å². The molecular formula is C17H17NO3. The third-order valence-electron chi connectivity index (χ3n) is 3.17. The van der Waals surface area contributed by atoms with Crippen LogP contribution in [0.25, 0.3) is 0 Å². The molecule has 0 bridgehead atoms. The summed E-state index contributed by atoms with van der Waals surface area (Å²) in [5, 5.41) is 13.5. The molecule has 1 unspecified atom stereocenters. The van der Waals surface area contributed by atoms with Crippen molar-refractivity contribution < 1.29 is 14.7 Å². The van der Waals surface area contributed by atoms with Crippen molar-refractivity contribution in [1.29, 1.82) is 0 Å². The Hall–Kier alpha value is -2.62. The van der Waals surface area contributed by atoms with E-state index in [-0.39, 0.29) is 0 Å². The highest BCUT2D eigenvalue weighted by Gasteiger charge is 2.26. The number of carboxylic acids is 1. The summed E-state index contributed by atoms with van der Waals surface area (Å²) in [6.45, 7) is 0. The van der Waals surface area contributed by atoms with Crippen molar-refractivity contribution in [3.63, 3.8) is 0 Å². The van der Waals surface area contributed by atoms with Gasteiger partial charge in [0.05, 0.1) is 0 Å². The van der Waals surface area contributed by atoms with Crippen molar-refractivity contribution in [3.8, 4) is 0 Å². The first-order chi connectivity index (χ1) is 10.2. The van der Waals surface area contributed by atoms with Crippen molar-refractivity contribution in [2.75, 3.05) is 7.11 Å². The van der Waals surface area contributed by atoms with Crippen LogP contribution in [0.2, 0.25) is 0 Å². The summed E-state index contributed by atoms with van der Waals surface area (Å²) in [5.41, 5.74) is 2.13. The van der Waals surface area contributed by atoms with Gasteiger partial charge in [-0.2, -0.15) is 0 Å². The van der Waals surface area contributed by atoms with Crippen LogP contribution in [-0.2, 0) is 16.1 Å². The van der Waals surface area contributed by atoms with Crippen LogP contribution < -0.4 is 0 Å². The van der Waals surface area contributed by atoms with Gasteiger partial charge in [-0.25, -0.2) is 0 Å². The van der Waals surface area contributed by atoms with Gasteiger partial charge >= 0.3 is 5.97 Å². The van der Waals surface area contributed by atoms with Crippen molar-refractivity contribution in [2.24, 2.45) is 11.1 Å². The van der Waals surface area contributed by atoms with Gasteiger partial charge in [-0.15, -0.1) is 0 Å². The summed E-state index contributed by atoms with van der Waals surface area (Å²) in [4.78, 5) is 16.5. The fourth-order valence-electron chi connectivity index (χ4n) is 2.18. The van der Waals surface area contributed by atoms with Gasteiger partial charge in [0.2, 0.25) is 0 Å². The zero-order valence-electron chi connectivity index (χ0n) is 11.8. The number of carbonyl (C=O) groups is 1. The van der Waals surface area contributed by atoms with Crippen molar-refractivity contribution >= 4 is 11.7 Å². The van der Waals surface area contributed by atoms with Crippen LogP contribution in [0.3, 0.4) is 0 Å². The lowest BCUT2D eigenvalue weighted by atomic mass is 9.90. The highest BCUT2D eigenvalue weighted by atomic mass is 16.6. The zero-order valence-corrected chi connectivity index (χ0v) is 11.8. The SMILES string of the molecule is CO/N=C(/c1ccccc1)C(Cc1ccccc1)C(=O)O. The van der Waals surface area contributed by atoms with E-state index in [2.05, 4.69) is 5.16 Å². The monoisotopic (exact) mass is 283 g/mol. The Morgan fingerprint density at radius 3 is 2.19 bits per heavy atom. The second kappa shape index (κ2) is 7.24. The summed E-state index contributed by atoms with van der Waals surface area (Å²) in [7, 11) is 1.42. The van der Waals surface area contributed by atoms with Crippen LogP contribution in [0.15, 0.2) is 65.8 Å². The van der Waals surface area contributed by atoms with E-state index in [0.29, 0.717) is 12.1 Å². The van der Waals surface area contributed by atoms with Gasteiger partial charge in [0.15, 0.2) is 0 Å². The number of oxime groups is 1. The van der Waals surface area contributed by atoms with Crippen LogP contribution in [0.5, 0.6) is 0 Å². The summed E-state index contributed by atoms with van der Waals surface area (Å²) in [6, 6.07) is 18.7. The Morgan fingerprint density at radius 2 is 1.67 bits per heavy atom. The molecule has 0 aromatic heterocycles. The van der Waals surface area contributed by atoms with E-state index >= 15 is 0 Å². The van der Waals surface area contributed by atoms with E-state index < -0.39 is 11.9 Å². The van der Waals surface area contributed by atoms with Crippen LogP contribution in [0, 0.1) is 5.92 Å².